The van der Waals surface area contributed by atoms with E-state index in [1.54, 1.807) is 6.92 Å². The molecule has 0 spiro atoms. The van der Waals surface area contributed by atoms with Gasteiger partial charge in [0.1, 0.15) is 5.06 Å². The van der Waals surface area contributed by atoms with E-state index in [1.807, 2.05) is 0 Å². The lowest BCUT2D eigenvalue weighted by molar-refractivity contribution is 0.196. The van der Waals surface area contributed by atoms with Gasteiger partial charge in [-0.25, -0.2) is 0 Å². The van der Waals surface area contributed by atoms with Crippen LogP contribution < -0.4 is 0 Å². The average molecular weight is 469 g/mol. The highest BCUT2D eigenvalue weighted by Gasteiger charge is 2.44. The Balaban J connectivity index is 5.12. The molecule has 180 valence electrons. The Kier molecular flexibility index (Phi) is 18.6. The molecule has 0 fully saturated rings. The highest BCUT2D eigenvalue weighted by molar-refractivity contribution is 7.78. The Morgan fingerprint density at radius 3 is 1.20 bits per heavy atom. The first-order valence-corrected chi connectivity index (χ1v) is 15.0. The van der Waals surface area contributed by atoms with Crippen LogP contribution in [-0.2, 0) is 27.2 Å². The summed E-state index contributed by atoms with van der Waals surface area (Å²) in [6.07, 6.45) is 11.8. The highest BCUT2D eigenvalue weighted by atomic mass is 31.2. The molecule has 0 radical (unpaired) electrons. The molecule has 0 aliphatic heterocycles. The maximum Gasteiger partial charge on any atom is 0.368 e. The first-order chi connectivity index (χ1) is 14.4. The van der Waals surface area contributed by atoms with Gasteiger partial charge >= 0.3 is 15.2 Å². The van der Waals surface area contributed by atoms with Crippen LogP contribution in [0.25, 0.3) is 0 Å². The lowest BCUT2D eigenvalue weighted by atomic mass is 10.2. The molecule has 0 saturated heterocycles. The van der Waals surface area contributed by atoms with E-state index >= 15 is 0 Å². The van der Waals surface area contributed by atoms with Crippen LogP contribution in [0.15, 0.2) is 11.6 Å². The molecule has 0 rings (SSSR count). The van der Waals surface area contributed by atoms with Crippen molar-refractivity contribution in [3.8, 4) is 0 Å². The molecule has 0 aliphatic rings. The van der Waals surface area contributed by atoms with Gasteiger partial charge in [0.2, 0.25) is 0 Å². The normalized spacial score (nSPS) is 14.0. The van der Waals surface area contributed by atoms with Crippen molar-refractivity contribution in [3.05, 3.63) is 11.6 Å². The third kappa shape index (κ3) is 12.8. The molecule has 1 unspecified atom stereocenters. The minimum atomic E-state index is -3.83. The van der Waals surface area contributed by atoms with E-state index in [-0.39, 0.29) is 31.5 Å². The van der Waals surface area contributed by atoms with Gasteiger partial charge in [-0.2, -0.15) is 0 Å². The number of unbranched alkanes of at least 4 members (excludes halogenated alkanes) is 9. The van der Waals surface area contributed by atoms with Gasteiger partial charge in [-0.15, -0.1) is 0 Å². The molecule has 0 N–H and O–H groups in total. The van der Waals surface area contributed by atoms with Crippen molar-refractivity contribution in [2.75, 3.05) is 26.4 Å². The van der Waals surface area contributed by atoms with Crippen molar-refractivity contribution in [2.24, 2.45) is 0 Å². The first-order valence-electron chi connectivity index (χ1n) is 11.9. The quantitative estimate of drug-likeness (QED) is 0.117. The predicted molar refractivity (Wildman–Crippen MR) is 126 cm³/mol. The SMILES string of the molecule is C=C(P(=O)(OCC)OCCCCCC)P(=O)(OCCCCCC)OCCCCCC. The third-order valence-corrected chi connectivity index (χ3v) is 9.61. The van der Waals surface area contributed by atoms with Crippen LogP contribution in [0.1, 0.15) is 105 Å². The molecular weight excluding hydrogens is 422 g/mol. The van der Waals surface area contributed by atoms with Gasteiger partial charge in [0.15, 0.2) is 0 Å². The van der Waals surface area contributed by atoms with E-state index in [2.05, 4.69) is 27.4 Å². The van der Waals surface area contributed by atoms with Crippen molar-refractivity contribution in [1.29, 1.82) is 0 Å². The summed E-state index contributed by atoms with van der Waals surface area (Å²) < 4.78 is 49.4. The predicted octanol–water partition coefficient (Wildman–Crippen LogP) is 8.67. The van der Waals surface area contributed by atoms with Crippen molar-refractivity contribution in [2.45, 2.75) is 105 Å². The van der Waals surface area contributed by atoms with Gasteiger partial charge in [-0.3, -0.25) is 9.13 Å². The van der Waals surface area contributed by atoms with Crippen LogP contribution in [0.2, 0.25) is 0 Å². The van der Waals surface area contributed by atoms with Gasteiger partial charge in [-0.1, -0.05) is 85.1 Å². The second kappa shape index (κ2) is 18.6. The molecule has 1 atom stereocenters. The smallest absolute Gasteiger partial charge is 0.305 e. The zero-order valence-electron chi connectivity index (χ0n) is 19.9. The van der Waals surface area contributed by atoms with Crippen LogP contribution in [0.5, 0.6) is 0 Å². The second-order valence-electron chi connectivity index (χ2n) is 7.51. The summed E-state index contributed by atoms with van der Waals surface area (Å²) in [6.45, 7) is 12.9. The van der Waals surface area contributed by atoms with Gasteiger partial charge in [0.25, 0.3) is 0 Å². The van der Waals surface area contributed by atoms with E-state index in [4.69, 9.17) is 18.1 Å². The van der Waals surface area contributed by atoms with Gasteiger partial charge < -0.3 is 18.1 Å². The highest BCUT2D eigenvalue weighted by Crippen LogP contribution is 2.73. The maximum absolute atomic E-state index is 13.6. The zero-order chi connectivity index (χ0) is 22.7. The summed E-state index contributed by atoms with van der Waals surface area (Å²) >= 11 is 0. The Labute approximate surface area is 185 Å². The van der Waals surface area contributed by atoms with Crippen LogP contribution >= 0.6 is 15.2 Å². The minimum absolute atomic E-state index is 0.165. The first kappa shape index (κ1) is 30.0. The summed E-state index contributed by atoms with van der Waals surface area (Å²) in [7, 11) is -7.64. The average Bonchev–Trinajstić information content (AvgIpc) is 2.73. The van der Waals surface area contributed by atoms with Crippen molar-refractivity contribution >= 4 is 15.2 Å². The second-order valence-corrected chi connectivity index (χ2v) is 12.0. The molecule has 0 heterocycles. The van der Waals surface area contributed by atoms with Gasteiger partial charge in [0, 0.05) is 0 Å². The fraction of sp³-hybridized carbons (Fsp3) is 0.909. The minimum Gasteiger partial charge on any atom is -0.305 e. The Hall–Kier alpha value is 0.0400. The molecule has 0 bridgehead atoms. The van der Waals surface area contributed by atoms with E-state index in [0.717, 1.165) is 77.0 Å². The standard InChI is InChI=1S/C22H46O6P2/c1-6-10-13-16-19-26-29(23,25-9-4)22(5)30(24,27-20-17-14-11-7-2)28-21-18-15-12-8-3/h5-21H2,1-4H3. The summed E-state index contributed by atoms with van der Waals surface area (Å²) in [4.78, 5) is 0. The van der Waals surface area contributed by atoms with E-state index < -0.39 is 15.2 Å². The summed E-state index contributed by atoms with van der Waals surface area (Å²) in [5.74, 6) is 0. The molecule has 0 aromatic carbocycles. The Bertz CT molecular complexity index is 506. The topological polar surface area (TPSA) is 71.1 Å². The van der Waals surface area contributed by atoms with Crippen LogP contribution in [0, 0.1) is 0 Å². The van der Waals surface area contributed by atoms with Crippen molar-refractivity contribution < 1.29 is 27.2 Å². The molecule has 0 aliphatic carbocycles. The number of hydrogen-bond donors (Lipinski definition) is 0. The molecule has 6 nitrogen and oxygen atoms in total. The van der Waals surface area contributed by atoms with E-state index in [0.29, 0.717) is 0 Å². The Morgan fingerprint density at radius 1 is 0.567 bits per heavy atom. The van der Waals surface area contributed by atoms with E-state index in [9.17, 15) is 9.13 Å². The number of rotatable bonds is 22. The molecule has 0 aromatic heterocycles. The molecule has 8 heteroatoms. The summed E-state index contributed by atoms with van der Waals surface area (Å²) in [6, 6.07) is 0. The van der Waals surface area contributed by atoms with Crippen LogP contribution in [0.3, 0.4) is 0 Å². The molecule has 0 aromatic rings. The van der Waals surface area contributed by atoms with Crippen LogP contribution in [0.4, 0.5) is 0 Å². The Morgan fingerprint density at radius 2 is 0.900 bits per heavy atom. The third-order valence-electron chi connectivity index (χ3n) is 4.71. The molecule has 30 heavy (non-hydrogen) atoms. The molecule has 0 saturated carbocycles. The fourth-order valence-corrected chi connectivity index (χ4v) is 6.92. The summed E-state index contributed by atoms with van der Waals surface area (Å²) in [5.41, 5.74) is 0. The van der Waals surface area contributed by atoms with E-state index in [1.165, 1.54) is 0 Å². The van der Waals surface area contributed by atoms with Crippen molar-refractivity contribution in [1.82, 2.24) is 0 Å². The van der Waals surface area contributed by atoms with Gasteiger partial charge in [-0.05, 0) is 26.2 Å². The van der Waals surface area contributed by atoms with Crippen LogP contribution in [-0.4, -0.2) is 26.4 Å². The van der Waals surface area contributed by atoms with Crippen molar-refractivity contribution in [3.63, 3.8) is 0 Å². The lowest BCUT2D eigenvalue weighted by Gasteiger charge is -2.26. The number of hydrogen-bond acceptors (Lipinski definition) is 6. The largest absolute Gasteiger partial charge is 0.368 e. The zero-order valence-corrected chi connectivity index (χ0v) is 21.7. The lowest BCUT2D eigenvalue weighted by Crippen LogP contribution is -2.06. The fourth-order valence-electron chi connectivity index (χ4n) is 2.83. The molecule has 0 amide bonds. The summed E-state index contributed by atoms with van der Waals surface area (Å²) in [5, 5.41) is -0.168. The molecular formula is C22H46O6P2. The maximum atomic E-state index is 13.6. The van der Waals surface area contributed by atoms with Gasteiger partial charge in [0.05, 0.1) is 26.4 Å². The monoisotopic (exact) mass is 468 g/mol.